The van der Waals surface area contributed by atoms with E-state index in [2.05, 4.69) is 30.5 Å². The molecule has 1 aromatic carbocycles. The molecule has 0 bridgehead atoms. The second kappa shape index (κ2) is 20.2. The van der Waals surface area contributed by atoms with Gasteiger partial charge in [0.05, 0.1) is 32.4 Å². The minimum Gasteiger partial charge on any atom is -0.394 e. The minimum absolute atomic E-state index is 0.0849. The van der Waals surface area contributed by atoms with E-state index in [0.717, 1.165) is 37.3 Å². The Kier molecular flexibility index (Phi) is 16.4. The number of rotatable bonds is 10. The lowest BCUT2D eigenvalue weighted by Gasteiger charge is -2.48. The molecule has 15 atom stereocenters. The number of benzene rings is 1. The molecule has 0 amide bonds. The molecule has 1 aromatic rings. The molecule has 21 nitrogen and oxygen atoms in total. The summed E-state index contributed by atoms with van der Waals surface area (Å²) in [4.78, 5) is 7.04. The first-order valence-electron chi connectivity index (χ1n) is 18.6. The van der Waals surface area contributed by atoms with Crippen LogP contribution in [0.15, 0.2) is 39.3 Å². The monoisotopic (exact) mass is 897 g/mol. The van der Waals surface area contributed by atoms with E-state index in [1.54, 1.807) is 19.1 Å². The maximum absolute atomic E-state index is 12.5. The zero-order valence-corrected chi connectivity index (χ0v) is 33.7. The van der Waals surface area contributed by atoms with Crippen LogP contribution < -0.4 is 27.7 Å². The van der Waals surface area contributed by atoms with Crippen LogP contribution in [0.3, 0.4) is 0 Å². The second-order valence-corrected chi connectivity index (χ2v) is 17.1. The van der Waals surface area contributed by atoms with E-state index in [1.807, 2.05) is 12.1 Å². The molecule has 1 aliphatic carbocycles. The molecule has 0 radical (unpaired) electrons. The number of ether oxygens (including phenoxy) is 5. The first-order valence-corrected chi connectivity index (χ1v) is 20.9. The number of aliphatic imine (C=N–C) groups is 1. The quantitative estimate of drug-likeness (QED) is 0.104. The molecule has 1 saturated carbocycles. The van der Waals surface area contributed by atoms with E-state index < -0.39 is 108 Å². The van der Waals surface area contributed by atoms with Gasteiger partial charge in [0, 0.05) is 48.3 Å². The summed E-state index contributed by atoms with van der Waals surface area (Å²) in [5, 5.41) is 70.9. The molecule has 3 saturated heterocycles. The van der Waals surface area contributed by atoms with Crippen molar-refractivity contribution in [1.29, 1.82) is 0 Å². The summed E-state index contributed by atoms with van der Waals surface area (Å²) in [6.45, 7) is 5.67. The summed E-state index contributed by atoms with van der Waals surface area (Å²) in [6, 6.07) is 4.42. The second-order valence-electron chi connectivity index (χ2n) is 14.5. The van der Waals surface area contributed by atoms with Gasteiger partial charge in [-0.15, -0.1) is 0 Å². The van der Waals surface area contributed by atoms with E-state index in [4.69, 9.17) is 46.6 Å². The Balaban J connectivity index is 0.000000228. The third-order valence-corrected chi connectivity index (χ3v) is 12.6. The highest BCUT2D eigenvalue weighted by Gasteiger charge is 2.51. The molecular weight excluding hydrogens is 842 g/mol. The van der Waals surface area contributed by atoms with Crippen LogP contribution in [0.25, 0.3) is 4.91 Å². The van der Waals surface area contributed by atoms with Crippen LogP contribution in [0.5, 0.6) is 0 Å². The first-order chi connectivity index (χ1) is 27.0. The summed E-state index contributed by atoms with van der Waals surface area (Å²) in [5.74, 6) is 0.443. The number of amidine groups is 1. The standard InChI is InChI=1S/C18H36N4O11.C16H20BrN3O3S/c19-2-6-10(25)12(27)13(28)18(30-6)33-16-5(21)1-4(20)15(14(16)29)32-17-11(26)8(22)9(24)7(3-23)31-17;1-12-15(13-3-2-4-14(17)11-13)24(21,22)19-16(12)18-5-6-20-7-9-23-10-8-20/h4-18,23-29H,1-3,19-22H2;2-4,11H,5-10H2,1H3,(H,18,19)/t4-,5+,6-,7-,8+,9-,10-,11-,12+,13-,14-,15+,16-,17-,18-;/m1./s1. The molecule has 324 valence electrons. The van der Waals surface area contributed by atoms with Crippen molar-refractivity contribution in [3.8, 4) is 0 Å². The number of morpholine rings is 1. The number of halogens is 1. The fraction of sp³-hybridized carbons (Fsp3) is 0.735. The number of nitrogens with two attached hydrogens (primary N) is 4. The van der Waals surface area contributed by atoms with Gasteiger partial charge in [-0.25, -0.2) is 8.42 Å². The third kappa shape index (κ3) is 10.7. The van der Waals surface area contributed by atoms with Gasteiger partial charge in [-0.1, -0.05) is 28.1 Å². The largest absolute Gasteiger partial charge is 0.394 e. The average molecular weight is 899 g/mol. The topological polar surface area (TPSA) is 354 Å². The van der Waals surface area contributed by atoms with E-state index in [9.17, 15) is 44.2 Å². The molecule has 4 heterocycles. The van der Waals surface area contributed by atoms with Crippen LogP contribution in [0.1, 0.15) is 18.9 Å². The zero-order chi connectivity index (χ0) is 41.8. The summed E-state index contributed by atoms with van der Waals surface area (Å²) in [5.41, 5.74) is 24.8. The van der Waals surface area contributed by atoms with Gasteiger partial charge in [-0.2, -0.15) is 0 Å². The number of sulfonamides is 1. The van der Waals surface area contributed by atoms with Gasteiger partial charge in [-0.3, -0.25) is 14.6 Å². The van der Waals surface area contributed by atoms with Crippen molar-refractivity contribution in [3.05, 3.63) is 39.9 Å². The molecule has 5 aliphatic rings. The van der Waals surface area contributed by atoms with Gasteiger partial charge < -0.3 is 82.4 Å². The maximum Gasteiger partial charge on any atom is 0.264 e. The molecule has 57 heavy (non-hydrogen) atoms. The number of aliphatic hydroxyl groups is 7. The van der Waals surface area contributed by atoms with Gasteiger partial charge in [0.1, 0.15) is 71.8 Å². The van der Waals surface area contributed by atoms with Gasteiger partial charge in [0.25, 0.3) is 10.0 Å². The van der Waals surface area contributed by atoms with Crippen LogP contribution in [0.2, 0.25) is 0 Å². The van der Waals surface area contributed by atoms with Crippen molar-refractivity contribution >= 4 is 36.7 Å². The predicted molar refractivity (Wildman–Crippen MR) is 206 cm³/mol. The van der Waals surface area contributed by atoms with Crippen LogP contribution in [-0.2, 0) is 33.7 Å². The normalized spacial score (nSPS) is 40.7. The summed E-state index contributed by atoms with van der Waals surface area (Å²) in [7, 11) is -3.57. The Bertz CT molecular complexity index is 1610. The molecule has 0 aromatic heterocycles. The van der Waals surface area contributed by atoms with Gasteiger partial charge in [0.2, 0.25) is 0 Å². The SMILES string of the molecule is CC1=C(c2cccc(Br)c2)S(=O)(=O)NC1=NCCN1CCOCC1.NC[C@H]1O[C@H](O[C@H]2[C@H](O)[C@@H](O[C@H]3O[C@H](CO)[C@@H](O)[C@H](N)[C@H]3O)[C@H](N)C[C@@H]2N)[C@H](O)[C@@H](O)[C@@H]1O. The van der Waals surface area contributed by atoms with Crippen molar-refractivity contribution in [2.24, 2.45) is 27.9 Å². The van der Waals surface area contributed by atoms with Crippen molar-refractivity contribution in [3.63, 3.8) is 0 Å². The molecule has 4 fully saturated rings. The fourth-order valence-electron chi connectivity index (χ4n) is 7.24. The summed E-state index contributed by atoms with van der Waals surface area (Å²) in [6.07, 6.45) is -16.5. The number of nitrogens with zero attached hydrogens (tertiary/aromatic N) is 2. The van der Waals surface area contributed by atoms with Crippen LogP contribution in [0.4, 0.5) is 0 Å². The highest BCUT2D eigenvalue weighted by molar-refractivity contribution is 9.10. The highest BCUT2D eigenvalue weighted by atomic mass is 79.9. The van der Waals surface area contributed by atoms with Gasteiger partial charge >= 0.3 is 0 Å². The molecule has 0 spiro atoms. The van der Waals surface area contributed by atoms with Gasteiger partial charge in [-0.05, 0) is 31.0 Å². The van der Waals surface area contributed by atoms with Crippen LogP contribution in [0, 0.1) is 0 Å². The average Bonchev–Trinajstić information content (AvgIpc) is 3.41. The van der Waals surface area contributed by atoms with Crippen LogP contribution in [-0.4, -0.2) is 199 Å². The zero-order valence-electron chi connectivity index (χ0n) is 31.3. The molecule has 6 rings (SSSR count). The lowest BCUT2D eigenvalue weighted by molar-refractivity contribution is -0.332. The van der Waals surface area contributed by atoms with Crippen molar-refractivity contribution < 1.29 is 67.8 Å². The third-order valence-electron chi connectivity index (χ3n) is 10.6. The van der Waals surface area contributed by atoms with Crippen LogP contribution >= 0.6 is 15.9 Å². The Morgan fingerprint density at radius 1 is 0.895 bits per heavy atom. The fourth-order valence-corrected chi connectivity index (χ4v) is 9.16. The highest BCUT2D eigenvalue weighted by Crippen LogP contribution is 2.33. The minimum atomic E-state index is -3.57. The first kappa shape index (κ1) is 46.2. The molecule has 4 aliphatic heterocycles. The van der Waals surface area contributed by atoms with E-state index in [-0.39, 0.29) is 13.0 Å². The van der Waals surface area contributed by atoms with Crippen molar-refractivity contribution in [1.82, 2.24) is 9.62 Å². The number of hydrogen-bond donors (Lipinski definition) is 12. The predicted octanol–water partition coefficient (Wildman–Crippen LogP) is -5.45. The lowest BCUT2D eigenvalue weighted by atomic mass is 9.84. The lowest BCUT2D eigenvalue weighted by Crippen LogP contribution is -2.68. The smallest absolute Gasteiger partial charge is 0.264 e. The number of nitrogens with one attached hydrogen (secondary N) is 1. The summed E-state index contributed by atoms with van der Waals surface area (Å²) < 4.78 is 55.9. The Labute approximate surface area is 338 Å². The molecule has 0 unspecified atom stereocenters. The molecule has 23 heteroatoms. The van der Waals surface area contributed by atoms with Crippen molar-refractivity contribution in [2.45, 2.75) is 105 Å². The Morgan fingerprint density at radius 2 is 1.51 bits per heavy atom. The number of hydrogen-bond acceptors (Lipinski definition) is 20. The Morgan fingerprint density at radius 3 is 2.11 bits per heavy atom. The summed E-state index contributed by atoms with van der Waals surface area (Å²) >= 11 is 3.38. The Hall–Kier alpha value is -1.82. The van der Waals surface area contributed by atoms with E-state index in [0.29, 0.717) is 28.4 Å². The molecular formula is C34H56BrN7O14S. The number of aliphatic hydroxyl groups excluding tert-OH is 7. The van der Waals surface area contributed by atoms with Crippen molar-refractivity contribution in [2.75, 3.05) is 52.5 Å². The van der Waals surface area contributed by atoms with Gasteiger partial charge in [0.15, 0.2) is 12.6 Å². The molecule has 16 N–H and O–H groups in total. The van der Waals surface area contributed by atoms with E-state index >= 15 is 0 Å². The maximum atomic E-state index is 12.5. The van der Waals surface area contributed by atoms with E-state index in [1.165, 1.54) is 0 Å².